The number of fused-ring (bicyclic) bond motifs is 1. The van der Waals surface area contributed by atoms with Crippen molar-refractivity contribution in [2.75, 3.05) is 7.11 Å². The molecule has 4 rings (SSSR count). The summed E-state index contributed by atoms with van der Waals surface area (Å²) in [4.78, 5) is 17.3. The molecule has 1 heterocycles. The molecule has 0 aliphatic carbocycles. The molecule has 0 bridgehead atoms. The van der Waals surface area contributed by atoms with Crippen LogP contribution in [0.5, 0.6) is 17.2 Å². The lowest BCUT2D eigenvalue weighted by molar-refractivity contribution is 0.285. The summed E-state index contributed by atoms with van der Waals surface area (Å²) in [6.07, 6.45) is 1.44. The zero-order valence-electron chi connectivity index (χ0n) is 15.2. The number of ether oxygens (including phenoxy) is 2. The predicted octanol–water partition coefficient (Wildman–Crippen LogP) is 3.68. The zero-order valence-corrected chi connectivity index (χ0v) is 15.2. The van der Waals surface area contributed by atoms with Gasteiger partial charge in [-0.05, 0) is 23.8 Å². The molecule has 0 unspecified atom stereocenters. The van der Waals surface area contributed by atoms with Crippen molar-refractivity contribution in [2.45, 2.75) is 6.61 Å². The number of methoxy groups -OCH3 is 1. The minimum absolute atomic E-state index is 0.0757. The van der Waals surface area contributed by atoms with Crippen LogP contribution in [-0.2, 0) is 6.61 Å². The Balaban J connectivity index is 1.74. The third-order valence-corrected chi connectivity index (χ3v) is 4.39. The van der Waals surface area contributed by atoms with Gasteiger partial charge in [0.1, 0.15) is 18.7 Å². The van der Waals surface area contributed by atoms with Gasteiger partial charge in [-0.2, -0.15) is 0 Å². The van der Waals surface area contributed by atoms with Crippen LogP contribution < -0.4 is 15.0 Å². The lowest BCUT2D eigenvalue weighted by Crippen LogP contribution is -2.19. The topological polar surface area (TPSA) is 73.6 Å². The average molecular weight is 374 g/mol. The van der Waals surface area contributed by atoms with Crippen molar-refractivity contribution in [3.8, 4) is 22.9 Å². The second kappa shape index (κ2) is 7.44. The maximum Gasteiger partial charge on any atom is 0.265 e. The van der Waals surface area contributed by atoms with Gasteiger partial charge in [-0.1, -0.05) is 36.4 Å². The van der Waals surface area contributed by atoms with Crippen LogP contribution in [0.25, 0.3) is 16.6 Å². The highest BCUT2D eigenvalue weighted by Gasteiger charge is 2.13. The highest BCUT2D eigenvalue weighted by Crippen LogP contribution is 2.31. The van der Waals surface area contributed by atoms with E-state index in [4.69, 9.17) is 9.47 Å². The fraction of sp³-hybridized carbons (Fsp3) is 0.0909. The van der Waals surface area contributed by atoms with E-state index in [9.17, 15) is 9.90 Å². The Kier molecular flexibility index (Phi) is 4.68. The van der Waals surface area contributed by atoms with Crippen LogP contribution in [0.4, 0.5) is 0 Å². The van der Waals surface area contributed by atoms with Crippen molar-refractivity contribution in [1.29, 1.82) is 0 Å². The summed E-state index contributed by atoms with van der Waals surface area (Å²) in [6.45, 7) is 0.378. The molecule has 0 amide bonds. The second-order valence-electron chi connectivity index (χ2n) is 6.23. The lowest BCUT2D eigenvalue weighted by atomic mass is 10.2. The van der Waals surface area contributed by atoms with E-state index >= 15 is 0 Å². The van der Waals surface area contributed by atoms with Gasteiger partial charge in [-0.25, -0.2) is 4.98 Å². The van der Waals surface area contributed by atoms with E-state index in [2.05, 4.69) is 4.98 Å². The van der Waals surface area contributed by atoms with E-state index in [1.807, 2.05) is 30.3 Å². The fourth-order valence-electron chi connectivity index (χ4n) is 2.96. The van der Waals surface area contributed by atoms with Crippen LogP contribution in [0, 0.1) is 0 Å². The van der Waals surface area contributed by atoms with Crippen molar-refractivity contribution in [3.05, 3.63) is 89.0 Å². The third-order valence-electron chi connectivity index (χ3n) is 4.39. The summed E-state index contributed by atoms with van der Waals surface area (Å²) < 4.78 is 12.7. The summed E-state index contributed by atoms with van der Waals surface area (Å²) in [5.74, 6) is 1.04. The molecule has 1 N–H and O–H groups in total. The summed E-state index contributed by atoms with van der Waals surface area (Å²) in [6, 6.07) is 19.6. The second-order valence-corrected chi connectivity index (χ2v) is 6.23. The van der Waals surface area contributed by atoms with Crippen molar-refractivity contribution in [1.82, 2.24) is 9.55 Å². The van der Waals surface area contributed by atoms with Gasteiger partial charge in [-0.15, -0.1) is 0 Å². The summed E-state index contributed by atoms with van der Waals surface area (Å²) in [5, 5.41) is 10.1. The molecule has 0 spiro atoms. The zero-order chi connectivity index (χ0) is 19.5. The molecule has 6 heteroatoms. The Hall–Kier alpha value is -3.80. The fourth-order valence-corrected chi connectivity index (χ4v) is 2.96. The Labute approximate surface area is 161 Å². The van der Waals surface area contributed by atoms with Gasteiger partial charge in [0.2, 0.25) is 0 Å². The van der Waals surface area contributed by atoms with Gasteiger partial charge < -0.3 is 14.6 Å². The molecule has 0 aliphatic heterocycles. The van der Waals surface area contributed by atoms with Crippen LogP contribution in [-0.4, -0.2) is 21.8 Å². The van der Waals surface area contributed by atoms with Gasteiger partial charge >= 0.3 is 0 Å². The number of aromatic nitrogens is 2. The highest BCUT2D eigenvalue weighted by atomic mass is 16.5. The molecule has 0 radical (unpaired) electrons. The molecule has 3 aromatic carbocycles. The van der Waals surface area contributed by atoms with Gasteiger partial charge in [0, 0.05) is 12.1 Å². The minimum atomic E-state index is -0.261. The molecule has 0 aliphatic rings. The number of phenols is 1. The Morgan fingerprint density at radius 1 is 1.00 bits per heavy atom. The first kappa shape index (κ1) is 17.6. The van der Waals surface area contributed by atoms with Crippen molar-refractivity contribution in [2.24, 2.45) is 0 Å². The lowest BCUT2D eigenvalue weighted by Gasteiger charge is -2.13. The van der Waals surface area contributed by atoms with Gasteiger partial charge in [0.15, 0.2) is 11.5 Å². The van der Waals surface area contributed by atoms with Gasteiger partial charge in [0.25, 0.3) is 5.56 Å². The molecule has 6 nitrogen and oxygen atoms in total. The molecular formula is C22H18N2O4. The maximum absolute atomic E-state index is 12.9. The smallest absolute Gasteiger partial charge is 0.265 e. The van der Waals surface area contributed by atoms with Crippen LogP contribution in [0.3, 0.4) is 0 Å². The van der Waals surface area contributed by atoms with E-state index in [1.54, 1.807) is 30.3 Å². The Morgan fingerprint density at radius 3 is 2.57 bits per heavy atom. The molecule has 0 fully saturated rings. The molecule has 4 aromatic rings. The number of hydrogen-bond donors (Lipinski definition) is 1. The van der Waals surface area contributed by atoms with E-state index in [1.165, 1.54) is 24.1 Å². The highest BCUT2D eigenvalue weighted by molar-refractivity contribution is 5.82. The monoisotopic (exact) mass is 374 g/mol. The first-order valence-corrected chi connectivity index (χ1v) is 8.71. The normalized spacial score (nSPS) is 10.8. The van der Waals surface area contributed by atoms with Crippen LogP contribution >= 0.6 is 0 Å². The van der Waals surface area contributed by atoms with Gasteiger partial charge in [0.05, 0.1) is 23.7 Å². The van der Waals surface area contributed by atoms with Crippen molar-refractivity contribution < 1.29 is 14.6 Å². The number of nitrogens with zero attached hydrogens (tertiary/aromatic N) is 2. The summed E-state index contributed by atoms with van der Waals surface area (Å²) in [5.41, 5.74) is 1.80. The predicted molar refractivity (Wildman–Crippen MR) is 106 cm³/mol. The number of benzene rings is 3. The molecule has 0 saturated heterocycles. The largest absolute Gasteiger partial charge is 0.508 e. The number of phenolic OH excluding ortho intramolecular Hbond substituents is 1. The van der Waals surface area contributed by atoms with Crippen LogP contribution in [0.1, 0.15) is 5.56 Å². The SMILES string of the molecule is COc1cc2c(=O)n(-c3cccc(O)c3)cnc2cc1OCc1ccccc1. The molecule has 1 aromatic heterocycles. The summed E-state index contributed by atoms with van der Waals surface area (Å²) >= 11 is 0. The molecule has 0 saturated carbocycles. The molecular weight excluding hydrogens is 356 g/mol. The molecule has 28 heavy (non-hydrogen) atoms. The third kappa shape index (κ3) is 3.40. The quantitative estimate of drug-likeness (QED) is 0.577. The van der Waals surface area contributed by atoms with Gasteiger partial charge in [-0.3, -0.25) is 9.36 Å². The van der Waals surface area contributed by atoms with E-state index in [0.717, 1.165) is 5.56 Å². The van der Waals surface area contributed by atoms with Crippen LogP contribution in [0.2, 0.25) is 0 Å². The van der Waals surface area contributed by atoms with Crippen molar-refractivity contribution in [3.63, 3.8) is 0 Å². The first-order valence-electron chi connectivity index (χ1n) is 8.71. The number of rotatable bonds is 5. The van der Waals surface area contributed by atoms with E-state index in [-0.39, 0.29) is 11.3 Å². The number of aromatic hydroxyl groups is 1. The molecule has 0 atom stereocenters. The Morgan fingerprint density at radius 2 is 1.82 bits per heavy atom. The first-order chi connectivity index (χ1) is 13.7. The van der Waals surface area contributed by atoms with Crippen LogP contribution in [0.15, 0.2) is 77.9 Å². The summed E-state index contributed by atoms with van der Waals surface area (Å²) in [7, 11) is 1.53. The molecule has 140 valence electrons. The maximum atomic E-state index is 12.9. The average Bonchev–Trinajstić information content (AvgIpc) is 2.73. The van der Waals surface area contributed by atoms with E-state index < -0.39 is 0 Å². The standard InChI is InChI=1S/C22H18N2O4/c1-27-20-11-18-19(12-21(20)28-13-15-6-3-2-4-7-15)23-14-24(22(18)26)16-8-5-9-17(25)10-16/h2-12,14,25H,13H2,1H3. The number of hydrogen-bond acceptors (Lipinski definition) is 5. The minimum Gasteiger partial charge on any atom is -0.508 e. The Bertz CT molecular complexity index is 1190. The van der Waals surface area contributed by atoms with Crippen molar-refractivity contribution >= 4 is 10.9 Å². The van der Waals surface area contributed by atoms with E-state index in [0.29, 0.717) is 34.7 Å².